The summed E-state index contributed by atoms with van der Waals surface area (Å²) in [6.07, 6.45) is 1.71. The number of benzene rings is 3. The highest BCUT2D eigenvalue weighted by molar-refractivity contribution is 6.19. The second kappa shape index (κ2) is 10.8. The van der Waals surface area contributed by atoms with Crippen molar-refractivity contribution in [3.8, 4) is 5.75 Å². The van der Waals surface area contributed by atoms with Crippen molar-refractivity contribution in [3.05, 3.63) is 83.3 Å². The van der Waals surface area contributed by atoms with Crippen LogP contribution in [0.3, 0.4) is 0 Å². The second-order valence-corrected chi connectivity index (χ2v) is 13.2. The molecule has 236 valence electrons. The monoisotopic (exact) mass is 639 g/mol. The zero-order chi connectivity index (χ0) is 32.5. The Labute approximate surface area is 270 Å². The fourth-order valence-electron chi connectivity index (χ4n) is 6.73. The average Bonchev–Trinajstić information content (AvgIpc) is 3.78. The summed E-state index contributed by atoms with van der Waals surface area (Å²) in [7, 11) is 1.76. The first-order chi connectivity index (χ1) is 21.9. The van der Waals surface area contributed by atoms with Gasteiger partial charge in [-0.25, -0.2) is 4.79 Å². The molecule has 2 aliphatic heterocycles. The fourth-order valence-corrected chi connectivity index (χ4v) is 6.99. The van der Waals surface area contributed by atoms with Crippen LogP contribution in [0.25, 0.3) is 21.7 Å². The first-order valence-electron chi connectivity index (χ1n) is 15.2. The summed E-state index contributed by atoms with van der Waals surface area (Å²) in [5, 5.41) is 16.0. The number of fused-ring (bicyclic) bond motifs is 6. The van der Waals surface area contributed by atoms with Gasteiger partial charge in [0.2, 0.25) is 0 Å². The van der Waals surface area contributed by atoms with Gasteiger partial charge in [0.25, 0.3) is 11.8 Å². The van der Waals surface area contributed by atoms with Gasteiger partial charge in [-0.3, -0.25) is 14.9 Å². The smallest absolute Gasteiger partial charge is 0.412 e. The van der Waals surface area contributed by atoms with Gasteiger partial charge in [-0.05, 0) is 68.0 Å². The van der Waals surface area contributed by atoms with Crippen LogP contribution >= 0.6 is 11.6 Å². The molecule has 0 unspecified atom stereocenters. The molecule has 2 aromatic heterocycles. The van der Waals surface area contributed by atoms with E-state index in [-0.39, 0.29) is 23.5 Å². The minimum absolute atomic E-state index is 0.0725. The van der Waals surface area contributed by atoms with Crippen molar-refractivity contribution in [2.75, 3.05) is 34.1 Å². The maximum Gasteiger partial charge on any atom is 0.412 e. The molecule has 0 spiro atoms. The number of nitrogens with zero attached hydrogens (tertiary/aromatic N) is 3. The molecule has 3 N–H and O–H groups in total. The lowest BCUT2D eigenvalue weighted by Gasteiger charge is -2.19. The van der Waals surface area contributed by atoms with Crippen molar-refractivity contribution in [3.63, 3.8) is 0 Å². The van der Waals surface area contributed by atoms with E-state index in [1.165, 1.54) is 0 Å². The Morgan fingerprint density at radius 3 is 2.50 bits per heavy atom. The maximum absolute atomic E-state index is 14.0. The zero-order valence-electron chi connectivity index (χ0n) is 26.0. The van der Waals surface area contributed by atoms with Crippen LogP contribution in [0.2, 0.25) is 0 Å². The zero-order valence-corrected chi connectivity index (χ0v) is 26.7. The number of carbonyl (C=O) groups is 3. The van der Waals surface area contributed by atoms with Gasteiger partial charge in [-0.1, -0.05) is 24.3 Å². The Hall–Kier alpha value is -4.96. The highest BCUT2D eigenvalue weighted by Crippen LogP contribution is 2.46. The van der Waals surface area contributed by atoms with Crippen LogP contribution in [0.1, 0.15) is 58.8 Å². The SMILES string of the molecule is Cn1cc(NC(=O)OC(C)(C)C)cc1C(=O)N1CCc2c1ccc1[nH]c(C(=O)N3C[C@H](CCl)c4c3cc(O)c3ccccc43)cc21. The number of aryl methyl sites for hydroxylation is 1. The number of phenols is 1. The van der Waals surface area contributed by atoms with Gasteiger partial charge >= 0.3 is 6.09 Å². The summed E-state index contributed by atoms with van der Waals surface area (Å²) in [5.41, 5.74) is 4.84. The van der Waals surface area contributed by atoms with E-state index in [0.717, 1.165) is 38.5 Å². The number of hydrogen-bond donors (Lipinski definition) is 3. The fraction of sp³-hybridized carbons (Fsp3) is 0.286. The summed E-state index contributed by atoms with van der Waals surface area (Å²) in [4.78, 5) is 46.7. The molecule has 4 heterocycles. The van der Waals surface area contributed by atoms with Gasteiger partial charge in [0, 0.05) is 66.2 Å². The molecule has 46 heavy (non-hydrogen) atoms. The first kappa shape index (κ1) is 29.7. The summed E-state index contributed by atoms with van der Waals surface area (Å²) in [6, 6.07) is 16.5. The number of aromatic hydroxyl groups is 1. The molecule has 7 rings (SSSR count). The minimum Gasteiger partial charge on any atom is -0.507 e. The van der Waals surface area contributed by atoms with Crippen molar-refractivity contribution >= 4 is 68.2 Å². The van der Waals surface area contributed by atoms with Gasteiger partial charge < -0.3 is 29.2 Å². The number of amides is 3. The summed E-state index contributed by atoms with van der Waals surface area (Å²) in [6.45, 7) is 6.24. The van der Waals surface area contributed by atoms with Gasteiger partial charge in [0.15, 0.2) is 0 Å². The molecule has 1 atom stereocenters. The molecule has 0 aliphatic carbocycles. The number of ether oxygens (including phenoxy) is 1. The second-order valence-electron chi connectivity index (χ2n) is 12.9. The summed E-state index contributed by atoms with van der Waals surface area (Å²) >= 11 is 6.39. The van der Waals surface area contributed by atoms with E-state index >= 15 is 0 Å². The Balaban J connectivity index is 1.17. The van der Waals surface area contributed by atoms with Gasteiger partial charge in [0.05, 0.1) is 11.4 Å². The lowest BCUT2D eigenvalue weighted by atomic mass is 9.95. The molecule has 2 aliphatic rings. The Bertz CT molecular complexity index is 2070. The molecule has 3 aromatic carbocycles. The molecular weight excluding hydrogens is 606 g/mol. The van der Waals surface area contributed by atoms with Crippen LogP contribution < -0.4 is 15.1 Å². The lowest BCUT2D eigenvalue weighted by Crippen LogP contribution is -2.30. The van der Waals surface area contributed by atoms with Crippen LogP contribution in [0.15, 0.2) is 60.8 Å². The van der Waals surface area contributed by atoms with E-state index in [4.69, 9.17) is 16.3 Å². The van der Waals surface area contributed by atoms with E-state index in [0.29, 0.717) is 48.2 Å². The topological polar surface area (TPSA) is 120 Å². The van der Waals surface area contributed by atoms with Gasteiger partial charge in [-0.15, -0.1) is 11.6 Å². The first-order valence-corrected chi connectivity index (χ1v) is 15.7. The van der Waals surface area contributed by atoms with E-state index in [1.807, 2.05) is 42.5 Å². The predicted octanol–water partition coefficient (Wildman–Crippen LogP) is 6.90. The summed E-state index contributed by atoms with van der Waals surface area (Å²) in [5.74, 6) is -0.0232. The molecule has 0 saturated carbocycles. The molecule has 0 bridgehead atoms. The number of halogens is 1. The number of phenolic OH excluding ortho intramolecular Hbond substituents is 1. The van der Waals surface area contributed by atoms with Crippen LogP contribution in [-0.4, -0.2) is 57.1 Å². The standard InChI is InChI=1S/C35H34ClN5O5/c1-35(2,3)46-34(45)37-20-13-29(39(4)18-20)33(44)40-12-11-21-24-14-26(38-25(24)9-10-27(21)40)32(43)41-17-19(16-36)31-23-8-6-5-7-22(23)30(42)15-28(31)41/h5-10,13-15,18-19,38,42H,11-12,16-17H2,1-4H3,(H,37,45)/t19-/m0/s1. The van der Waals surface area contributed by atoms with E-state index in [2.05, 4.69) is 10.3 Å². The molecule has 0 saturated heterocycles. The van der Waals surface area contributed by atoms with E-state index < -0.39 is 11.7 Å². The third-order valence-electron chi connectivity index (χ3n) is 8.69. The van der Waals surface area contributed by atoms with E-state index in [9.17, 15) is 19.5 Å². The van der Waals surface area contributed by atoms with Crippen molar-refractivity contribution < 1.29 is 24.2 Å². The lowest BCUT2D eigenvalue weighted by molar-refractivity contribution is 0.0635. The molecule has 0 radical (unpaired) electrons. The molecule has 10 nitrogen and oxygen atoms in total. The highest BCUT2D eigenvalue weighted by Gasteiger charge is 2.36. The normalized spacial score (nSPS) is 15.8. The Morgan fingerprint density at radius 2 is 1.76 bits per heavy atom. The van der Waals surface area contributed by atoms with Gasteiger partial charge in [0.1, 0.15) is 22.7 Å². The molecule has 11 heteroatoms. The Kier molecular flexibility index (Phi) is 7.01. The van der Waals surface area contributed by atoms with Crippen LogP contribution in [0, 0.1) is 0 Å². The number of rotatable bonds is 4. The Morgan fingerprint density at radius 1 is 1.00 bits per heavy atom. The van der Waals surface area contributed by atoms with Crippen LogP contribution in [0.4, 0.5) is 21.9 Å². The summed E-state index contributed by atoms with van der Waals surface area (Å²) < 4.78 is 7.02. The number of aromatic amines is 1. The number of anilines is 3. The number of carbonyl (C=O) groups excluding carboxylic acids is 3. The van der Waals surface area contributed by atoms with E-state index in [1.54, 1.807) is 60.5 Å². The number of alkyl halides is 1. The van der Waals surface area contributed by atoms with Crippen molar-refractivity contribution in [2.45, 2.75) is 38.7 Å². The maximum atomic E-state index is 14.0. The van der Waals surface area contributed by atoms with Crippen LogP contribution in [-0.2, 0) is 18.2 Å². The molecule has 3 amide bonds. The van der Waals surface area contributed by atoms with Gasteiger partial charge in [-0.2, -0.15) is 0 Å². The number of aromatic nitrogens is 2. The molecule has 5 aromatic rings. The quantitative estimate of drug-likeness (QED) is 0.185. The highest BCUT2D eigenvalue weighted by atomic mass is 35.5. The van der Waals surface area contributed by atoms with Crippen molar-refractivity contribution in [1.29, 1.82) is 0 Å². The number of nitrogens with one attached hydrogen (secondary N) is 2. The molecule has 0 fully saturated rings. The third-order valence-corrected chi connectivity index (χ3v) is 9.06. The largest absolute Gasteiger partial charge is 0.507 e. The number of hydrogen-bond acceptors (Lipinski definition) is 5. The van der Waals surface area contributed by atoms with Crippen molar-refractivity contribution in [1.82, 2.24) is 9.55 Å². The van der Waals surface area contributed by atoms with Crippen LogP contribution in [0.5, 0.6) is 5.75 Å². The van der Waals surface area contributed by atoms with Crippen molar-refractivity contribution in [2.24, 2.45) is 7.05 Å². The predicted molar refractivity (Wildman–Crippen MR) is 180 cm³/mol. The third kappa shape index (κ3) is 4.93. The number of H-pyrrole nitrogens is 1. The average molecular weight is 640 g/mol. The molecular formula is C35H34ClN5O5. The minimum atomic E-state index is -0.645.